The molecule has 0 fully saturated rings. The Morgan fingerprint density at radius 2 is 0.893 bits per heavy atom. The minimum absolute atomic E-state index is 0.335. The van der Waals surface area contributed by atoms with Gasteiger partial charge in [-0.2, -0.15) is 0 Å². The average molecular weight is 526 g/mol. The molecule has 0 N–H and O–H groups in total. The molecule has 0 atom stereocenters. The Kier molecular flexibility index (Phi) is 5.69. The van der Waals surface area contributed by atoms with Crippen LogP contribution in [-0.2, 0) is 0 Å². The van der Waals surface area contributed by atoms with Gasteiger partial charge >= 0.3 is 188 Å². The van der Waals surface area contributed by atoms with Crippen LogP contribution in [0.3, 0.4) is 0 Å². The van der Waals surface area contributed by atoms with Crippen LogP contribution in [0, 0.1) is 0 Å². The van der Waals surface area contributed by atoms with Crippen molar-refractivity contribution < 1.29 is 0 Å². The predicted octanol–water partition coefficient (Wildman–Crippen LogP) is 3.61. The molecule has 0 saturated carbocycles. The summed E-state index contributed by atoms with van der Waals surface area (Å²) >= 11 is 4.53. The van der Waals surface area contributed by atoms with E-state index in [9.17, 15) is 0 Å². The summed E-state index contributed by atoms with van der Waals surface area (Å²) in [5.74, 6) is 0. The van der Waals surface area contributed by atoms with Crippen LogP contribution in [0.1, 0.15) is 0 Å². The van der Waals surface area contributed by atoms with Crippen molar-refractivity contribution in [1.82, 2.24) is 0 Å². The molecular weight excluding hydrogens is 510 g/mol. The van der Waals surface area contributed by atoms with Crippen molar-refractivity contribution in [2.45, 2.75) is 19.6 Å². The monoisotopic (exact) mass is 528 g/mol. The van der Waals surface area contributed by atoms with Gasteiger partial charge in [-0.3, -0.25) is 0 Å². The zero-order valence-corrected chi connectivity index (χ0v) is 19.9. The molecule has 4 aromatic rings. The zero-order valence-electron chi connectivity index (χ0n) is 14.9. The normalized spacial score (nSPS) is 12.3. The summed E-state index contributed by atoms with van der Waals surface area (Å²) in [5, 5.41) is 0. The summed E-state index contributed by atoms with van der Waals surface area (Å²) in [6.07, 6.45) is 0. The van der Waals surface area contributed by atoms with E-state index in [1.165, 1.54) is 19.6 Å². The molecular formula is C24H16S2Se2. The van der Waals surface area contributed by atoms with Crippen LogP contribution in [0.2, 0.25) is 0 Å². The molecule has 4 heteroatoms. The summed E-state index contributed by atoms with van der Waals surface area (Å²) in [6, 6.07) is 35.2. The Balaban J connectivity index is 1.50. The second-order valence-corrected chi connectivity index (χ2v) is 12.8. The van der Waals surface area contributed by atoms with Gasteiger partial charge in [0.05, 0.1) is 0 Å². The van der Waals surface area contributed by atoms with Crippen molar-refractivity contribution in [3.05, 3.63) is 97.1 Å². The molecule has 0 aromatic heterocycles. The SMILES string of the molecule is c1ccc(Sc2cccc3c2[Se]c2c(Sc4ccccc4)cccc2[Se]3)cc1. The summed E-state index contributed by atoms with van der Waals surface area (Å²) in [4.78, 5) is 5.49. The third-order valence-corrected chi connectivity index (χ3v) is 13.3. The maximum absolute atomic E-state index is 2.34. The van der Waals surface area contributed by atoms with Gasteiger partial charge in [-0.05, 0) is 0 Å². The molecule has 1 heterocycles. The van der Waals surface area contributed by atoms with Gasteiger partial charge in [-0.1, -0.05) is 0 Å². The first kappa shape index (κ1) is 18.6. The number of hydrogen-bond acceptors (Lipinski definition) is 2. The van der Waals surface area contributed by atoms with E-state index >= 15 is 0 Å². The van der Waals surface area contributed by atoms with Gasteiger partial charge in [-0.25, -0.2) is 0 Å². The minimum atomic E-state index is 0.335. The average Bonchev–Trinajstić information content (AvgIpc) is 2.75. The fraction of sp³-hybridized carbons (Fsp3) is 0. The van der Waals surface area contributed by atoms with Crippen LogP contribution in [-0.4, -0.2) is 29.9 Å². The first-order chi connectivity index (χ1) is 13.9. The van der Waals surface area contributed by atoms with Crippen LogP contribution >= 0.6 is 23.5 Å². The molecule has 0 aliphatic carbocycles. The van der Waals surface area contributed by atoms with Crippen LogP contribution in [0.25, 0.3) is 0 Å². The summed E-state index contributed by atoms with van der Waals surface area (Å²) in [6.45, 7) is 0. The molecule has 4 aromatic carbocycles. The van der Waals surface area contributed by atoms with Crippen molar-refractivity contribution in [2.24, 2.45) is 0 Å². The van der Waals surface area contributed by atoms with Gasteiger partial charge in [-0.15, -0.1) is 0 Å². The number of benzene rings is 4. The van der Waals surface area contributed by atoms with Crippen LogP contribution in [0.15, 0.2) is 117 Å². The summed E-state index contributed by atoms with van der Waals surface area (Å²) in [5.41, 5.74) is 0. The van der Waals surface area contributed by atoms with Crippen molar-refractivity contribution in [3.63, 3.8) is 0 Å². The van der Waals surface area contributed by atoms with Crippen LogP contribution in [0.5, 0.6) is 0 Å². The predicted molar refractivity (Wildman–Crippen MR) is 124 cm³/mol. The first-order valence-electron chi connectivity index (χ1n) is 8.94. The Bertz CT molecular complexity index is 1020. The van der Waals surface area contributed by atoms with Crippen molar-refractivity contribution in [1.29, 1.82) is 0 Å². The van der Waals surface area contributed by atoms with E-state index in [1.54, 1.807) is 17.8 Å². The van der Waals surface area contributed by atoms with Gasteiger partial charge < -0.3 is 0 Å². The molecule has 0 unspecified atom stereocenters. The summed E-state index contributed by atoms with van der Waals surface area (Å²) < 4.78 is 6.28. The van der Waals surface area contributed by atoms with Gasteiger partial charge in [0.2, 0.25) is 0 Å². The van der Waals surface area contributed by atoms with Gasteiger partial charge in [0, 0.05) is 0 Å². The third-order valence-electron chi connectivity index (χ3n) is 4.25. The van der Waals surface area contributed by atoms with E-state index in [0.717, 1.165) is 0 Å². The maximum atomic E-state index is 2.34. The molecule has 136 valence electrons. The molecule has 0 spiro atoms. The number of rotatable bonds is 4. The Labute approximate surface area is 186 Å². The number of hydrogen-bond donors (Lipinski definition) is 0. The molecule has 0 amide bonds. The van der Waals surface area contributed by atoms with Crippen LogP contribution in [0.4, 0.5) is 0 Å². The fourth-order valence-corrected chi connectivity index (χ4v) is 11.6. The second-order valence-electron chi connectivity index (χ2n) is 6.20. The third kappa shape index (κ3) is 4.00. The van der Waals surface area contributed by atoms with E-state index in [1.807, 2.05) is 23.5 Å². The second kappa shape index (κ2) is 8.55. The van der Waals surface area contributed by atoms with Crippen molar-refractivity contribution >= 4 is 71.3 Å². The molecule has 0 nitrogen and oxygen atoms in total. The molecule has 0 radical (unpaired) electrons. The molecule has 1 aliphatic rings. The zero-order chi connectivity index (χ0) is 18.8. The van der Waals surface area contributed by atoms with Crippen LogP contribution < -0.4 is 17.8 Å². The van der Waals surface area contributed by atoms with Gasteiger partial charge in [0.15, 0.2) is 0 Å². The number of fused-ring (bicyclic) bond motifs is 2. The summed E-state index contributed by atoms with van der Waals surface area (Å²) in [7, 11) is 0. The van der Waals surface area contributed by atoms with E-state index in [0.29, 0.717) is 29.9 Å². The first-order valence-corrected chi connectivity index (χ1v) is 14.0. The Hall–Kier alpha value is -1.38. The molecule has 28 heavy (non-hydrogen) atoms. The van der Waals surface area contributed by atoms with Crippen molar-refractivity contribution in [3.8, 4) is 0 Å². The quantitative estimate of drug-likeness (QED) is 0.329. The van der Waals surface area contributed by atoms with E-state index in [2.05, 4.69) is 97.1 Å². The van der Waals surface area contributed by atoms with Gasteiger partial charge in [0.1, 0.15) is 0 Å². The fourth-order valence-electron chi connectivity index (χ4n) is 2.97. The Morgan fingerprint density at radius 3 is 1.36 bits per heavy atom. The molecule has 0 saturated heterocycles. The van der Waals surface area contributed by atoms with E-state index in [4.69, 9.17) is 0 Å². The molecule has 5 rings (SSSR count). The van der Waals surface area contributed by atoms with Gasteiger partial charge in [0.25, 0.3) is 0 Å². The molecule has 0 bridgehead atoms. The topological polar surface area (TPSA) is 0 Å². The Morgan fingerprint density at radius 1 is 0.429 bits per heavy atom. The van der Waals surface area contributed by atoms with E-state index in [-0.39, 0.29) is 0 Å². The standard InChI is InChI=1S/C24H16S2Se2/c1-3-9-17(10-4-1)25-19-13-7-15-21-23(19)28-24-20(14-8-16-22(24)27-21)26-18-11-5-2-6-12-18/h1-16H. The molecule has 1 aliphatic heterocycles. The van der Waals surface area contributed by atoms with E-state index < -0.39 is 0 Å². The van der Waals surface area contributed by atoms with Crippen molar-refractivity contribution in [2.75, 3.05) is 0 Å².